The van der Waals surface area contributed by atoms with Gasteiger partial charge >= 0.3 is 5.97 Å². The molecule has 1 fully saturated rings. The summed E-state index contributed by atoms with van der Waals surface area (Å²) in [6.45, 7) is 5.23. The molecule has 1 aromatic rings. The zero-order chi connectivity index (χ0) is 18.2. The molecule has 0 unspecified atom stereocenters. The van der Waals surface area contributed by atoms with Crippen molar-refractivity contribution in [1.82, 2.24) is 4.90 Å². The summed E-state index contributed by atoms with van der Waals surface area (Å²) in [7, 11) is 0. The number of esters is 1. The van der Waals surface area contributed by atoms with Crippen molar-refractivity contribution in [1.29, 1.82) is 0 Å². The SMILES string of the molecule is CCCC(=O)N1CCC(C(=O)Nc2ccccc2C(=O)OCC)CC1. The van der Waals surface area contributed by atoms with Crippen LogP contribution in [0.2, 0.25) is 0 Å². The van der Waals surface area contributed by atoms with Gasteiger partial charge in [-0.05, 0) is 38.3 Å². The first kappa shape index (κ1) is 19.0. The molecule has 1 aliphatic heterocycles. The highest BCUT2D eigenvalue weighted by molar-refractivity contribution is 6.01. The highest BCUT2D eigenvalue weighted by Gasteiger charge is 2.27. The molecule has 2 amide bonds. The molecule has 1 saturated heterocycles. The lowest BCUT2D eigenvalue weighted by Gasteiger charge is -2.31. The van der Waals surface area contributed by atoms with Gasteiger partial charge in [0.25, 0.3) is 0 Å². The molecule has 1 aliphatic rings. The number of ether oxygens (including phenoxy) is 1. The average Bonchev–Trinajstić information content (AvgIpc) is 2.62. The molecule has 1 N–H and O–H groups in total. The van der Waals surface area contributed by atoms with Crippen molar-refractivity contribution in [3.05, 3.63) is 29.8 Å². The van der Waals surface area contributed by atoms with Crippen molar-refractivity contribution in [3.8, 4) is 0 Å². The number of carbonyl (C=O) groups excluding carboxylic acids is 3. The molecule has 25 heavy (non-hydrogen) atoms. The largest absolute Gasteiger partial charge is 0.462 e. The molecule has 136 valence electrons. The second kappa shape index (κ2) is 9.20. The molecule has 0 spiro atoms. The number of nitrogens with one attached hydrogen (secondary N) is 1. The summed E-state index contributed by atoms with van der Waals surface area (Å²) in [5.74, 6) is -0.548. The molecule has 0 aromatic heterocycles. The number of hydrogen-bond acceptors (Lipinski definition) is 4. The van der Waals surface area contributed by atoms with Gasteiger partial charge in [-0.1, -0.05) is 19.1 Å². The predicted octanol–water partition coefficient (Wildman–Crippen LogP) is 2.84. The third-order valence-corrected chi connectivity index (χ3v) is 4.36. The number of amides is 2. The monoisotopic (exact) mass is 346 g/mol. The van der Waals surface area contributed by atoms with Gasteiger partial charge in [-0.25, -0.2) is 4.79 Å². The molecule has 0 radical (unpaired) electrons. The second-order valence-corrected chi connectivity index (χ2v) is 6.16. The maximum atomic E-state index is 12.5. The van der Waals surface area contributed by atoms with Crippen LogP contribution >= 0.6 is 0 Å². The van der Waals surface area contributed by atoms with Crippen LogP contribution in [0, 0.1) is 5.92 Å². The van der Waals surface area contributed by atoms with Crippen LogP contribution in [0.25, 0.3) is 0 Å². The van der Waals surface area contributed by atoms with Gasteiger partial charge < -0.3 is 15.0 Å². The van der Waals surface area contributed by atoms with Crippen LogP contribution in [0.4, 0.5) is 5.69 Å². The number of carbonyl (C=O) groups is 3. The number of benzene rings is 1. The Labute approximate surface area is 148 Å². The molecule has 2 rings (SSSR count). The Bertz CT molecular complexity index is 622. The van der Waals surface area contributed by atoms with E-state index in [1.54, 1.807) is 31.2 Å². The van der Waals surface area contributed by atoms with E-state index < -0.39 is 5.97 Å². The van der Waals surface area contributed by atoms with Crippen LogP contribution in [-0.4, -0.2) is 42.4 Å². The van der Waals surface area contributed by atoms with Crippen molar-refractivity contribution in [2.24, 2.45) is 5.92 Å². The topological polar surface area (TPSA) is 75.7 Å². The van der Waals surface area contributed by atoms with Crippen molar-refractivity contribution in [2.45, 2.75) is 39.5 Å². The first-order valence-electron chi connectivity index (χ1n) is 8.91. The third-order valence-electron chi connectivity index (χ3n) is 4.36. The number of likely N-dealkylation sites (tertiary alicyclic amines) is 1. The van der Waals surface area contributed by atoms with Crippen LogP contribution in [0.5, 0.6) is 0 Å². The van der Waals surface area contributed by atoms with E-state index in [1.165, 1.54) is 0 Å². The maximum Gasteiger partial charge on any atom is 0.340 e. The Kier molecular flexibility index (Phi) is 6.98. The summed E-state index contributed by atoms with van der Waals surface area (Å²) in [6, 6.07) is 6.84. The van der Waals surface area contributed by atoms with E-state index in [9.17, 15) is 14.4 Å². The van der Waals surface area contributed by atoms with Gasteiger partial charge in [-0.15, -0.1) is 0 Å². The summed E-state index contributed by atoms with van der Waals surface area (Å²) in [4.78, 5) is 38.3. The fourth-order valence-corrected chi connectivity index (χ4v) is 2.98. The van der Waals surface area contributed by atoms with E-state index >= 15 is 0 Å². The van der Waals surface area contributed by atoms with Crippen LogP contribution in [0.1, 0.15) is 49.9 Å². The van der Waals surface area contributed by atoms with Crippen molar-refractivity contribution >= 4 is 23.5 Å². The highest BCUT2D eigenvalue weighted by Crippen LogP contribution is 2.22. The summed E-state index contributed by atoms with van der Waals surface area (Å²) < 4.78 is 5.02. The van der Waals surface area contributed by atoms with Crippen molar-refractivity contribution in [2.75, 3.05) is 25.0 Å². The molecule has 1 aromatic carbocycles. The number of hydrogen-bond donors (Lipinski definition) is 1. The van der Waals surface area contributed by atoms with Gasteiger partial charge in [0, 0.05) is 25.4 Å². The Morgan fingerprint density at radius 1 is 1.16 bits per heavy atom. The van der Waals surface area contributed by atoms with Crippen LogP contribution < -0.4 is 5.32 Å². The molecular formula is C19H26N2O4. The van der Waals surface area contributed by atoms with Gasteiger partial charge in [0.2, 0.25) is 11.8 Å². The minimum atomic E-state index is -0.446. The van der Waals surface area contributed by atoms with Gasteiger partial charge in [0.1, 0.15) is 0 Å². The van der Waals surface area contributed by atoms with Crippen LogP contribution in [-0.2, 0) is 14.3 Å². The van der Waals surface area contributed by atoms with E-state index in [1.807, 2.05) is 11.8 Å². The molecule has 0 saturated carbocycles. The molecule has 6 heteroatoms. The van der Waals surface area contributed by atoms with E-state index in [2.05, 4.69) is 5.32 Å². The second-order valence-electron chi connectivity index (χ2n) is 6.16. The fourth-order valence-electron chi connectivity index (χ4n) is 2.98. The highest BCUT2D eigenvalue weighted by atomic mass is 16.5. The quantitative estimate of drug-likeness (QED) is 0.804. The Balaban J connectivity index is 1.95. The lowest BCUT2D eigenvalue weighted by Crippen LogP contribution is -2.41. The molecular weight excluding hydrogens is 320 g/mol. The number of rotatable bonds is 6. The lowest BCUT2D eigenvalue weighted by atomic mass is 9.95. The summed E-state index contributed by atoms with van der Waals surface area (Å²) in [6.07, 6.45) is 2.68. The lowest BCUT2D eigenvalue weighted by molar-refractivity contribution is -0.134. The zero-order valence-electron chi connectivity index (χ0n) is 14.9. The Morgan fingerprint density at radius 2 is 1.84 bits per heavy atom. The predicted molar refractivity (Wildman–Crippen MR) is 95.2 cm³/mol. The van der Waals surface area contributed by atoms with Gasteiger partial charge in [0.15, 0.2) is 0 Å². The smallest absolute Gasteiger partial charge is 0.340 e. The number of piperidine rings is 1. The first-order valence-corrected chi connectivity index (χ1v) is 8.91. The van der Waals surface area contributed by atoms with E-state index in [0.717, 1.165) is 6.42 Å². The minimum Gasteiger partial charge on any atom is -0.462 e. The average molecular weight is 346 g/mol. The Hall–Kier alpha value is -2.37. The van der Waals surface area contributed by atoms with Crippen LogP contribution in [0.3, 0.4) is 0 Å². The number of nitrogens with zero attached hydrogens (tertiary/aromatic N) is 1. The van der Waals surface area contributed by atoms with Gasteiger partial charge in [-0.2, -0.15) is 0 Å². The van der Waals surface area contributed by atoms with E-state index in [0.29, 0.717) is 43.6 Å². The number of anilines is 1. The molecule has 0 aliphatic carbocycles. The third kappa shape index (κ3) is 5.05. The van der Waals surface area contributed by atoms with Crippen molar-refractivity contribution < 1.29 is 19.1 Å². The standard InChI is InChI=1S/C19H26N2O4/c1-3-7-17(22)21-12-10-14(11-13-21)18(23)20-16-9-6-5-8-15(16)19(24)25-4-2/h5-6,8-9,14H,3-4,7,10-13H2,1-2H3,(H,20,23). The van der Waals surface area contributed by atoms with E-state index in [4.69, 9.17) is 4.74 Å². The van der Waals surface area contributed by atoms with Crippen LogP contribution in [0.15, 0.2) is 24.3 Å². The van der Waals surface area contributed by atoms with Gasteiger partial charge in [-0.3, -0.25) is 9.59 Å². The minimum absolute atomic E-state index is 0.112. The molecule has 6 nitrogen and oxygen atoms in total. The first-order chi connectivity index (χ1) is 12.1. The summed E-state index contributed by atoms with van der Waals surface area (Å²) in [5.41, 5.74) is 0.823. The van der Waals surface area contributed by atoms with Crippen molar-refractivity contribution in [3.63, 3.8) is 0 Å². The van der Waals surface area contributed by atoms with E-state index in [-0.39, 0.29) is 24.3 Å². The Morgan fingerprint density at radius 3 is 2.48 bits per heavy atom. The normalized spacial score (nSPS) is 14.9. The van der Waals surface area contributed by atoms with Gasteiger partial charge in [0.05, 0.1) is 17.9 Å². The fraction of sp³-hybridized carbons (Fsp3) is 0.526. The molecule has 0 bridgehead atoms. The zero-order valence-corrected chi connectivity index (χ0v) is 14.9. The maximum absolute atomic E-state index is 12.5. The number of para-hydroxylation sites is 1. The summed E-state index contributed by atoms with van der Waals surface area (Å²) >= 11 is 0. The summed E-state index contributed by atoms with van der Waals surface area (Å²) in [5, 5.41) is 2.85. The molecule has 1 heterocycles. The molecule has 0 atom stereocenters.